The fourth-order valence-corrected chi connectivity index (χ4v) is 0.508. The maximum Gasteiger partial charge on any atom is 0.433 e. The van der Waals surface area contributed by atoms with Gasteiger partial charge >= 0.3 is 12.1 Å². The van der Waals surface area contributed by atoms with Gasteiger partial charge in [-0.2, -0.15) is 0 Å². The lowest BCUT2D eigenvalue weighted by molar-refractivity contribution is -0.132. The molecule has 0 unspecified atom stereocenters. The largest absolute Gasteiger partial charge is 0.478 e. The van der Waals surface area contributed by atoms with Crippen molar-refractivity contribution >= 4 is 18.3 Å². The molecule has 0 heterocycles. The van der Waals surface area contributed by atoms with Gasteiger partial charge in [-0.05, 0) is 13.8 Å². The number of rotatable bonds is 4. The highest BCUT2D eigenvalue weighted by Gasteiger charge is 2.00. The van der Waals surface area contributed by atoms with Crippen LogP contribution in [0.3, 0.4) is 0 Å². The first kappa shape index (κ1) is 12.2. The van der Waals surface area contributed by atoms with Crippen LogP contribution in [0.1, 0.15) is 13.8 Å². The van der Waals surface area contributed by atoms with Crippen LogP contribution in [0.15, 0.2) is 16.8 Å². The molecule has 78 valence electrons. The van der Waals surface area contributed by atoms with E-state index in [0.717, 1.165) is 0 Å². The third-order valence-corrected chi connectivity index (χ3v) is 1.23. The third-order valence-electron chi connectivity index (χ3n) is 1.23. The Labute approximate surface area is 81.2 Å². The lowest BCUT2D eigenvalue weighted by Crippen LogP contribution is -2.23. The number of carboxylic acids is 1. The summed E-state index contributed by atoms with van der Waals surface area (Å²) in [6, 6.07) is 0. The van der Waals surface area contributed by atoms with Crippen LogP contribution in [-0.4, -0.2) is 29.9 Å². The van der Waals surface area contributed by atoms with Crippen molar-refractivity contribution in [2.75, 3.05) is 6.54 Å². The summed E-state index contributed by atoms with van der Waals surface area (Å²) < 4.78 is 0. The second-order valence-corrected chi connectivity index (χ2v) is 2.32. The molecular formula is C8H12N2O4. The van der Waals surface area contributed by atoms with Gasteiger partial charge in [-0.15, -0.1) is 0 Å². The maximum atomic E-state index is 10.7. The first-order valence-electron chi connectivity index (χ1n) is 3.90. The van der Waals surface area contributed by atoms with E-state index in [9.17, 15) is 9.59 Å². The lowest BCUT2D eigenvalue weighted by atomic mass is 10.3. The summed E-state index contributed by atoms with van der Waals surface area (Å²) in [5.74, 6) is -1.02. The fraction of sp³-hybridized carbons (Fsp3) is 0.375. The van der Waals surface area contributed by atoms with Gasteiger partial charge in [-0.25, -0.2) is 9.59 Å². The smallest absolute Gasteiger partial charge is 0.433 e. The quantitative estimate of drug-likeness (QED) is 0.303. The molecule has 0 atom stereocenters. The van der Waals surface area contributed by atoms with Crippen LogP contribution < -0.4 is 5.32 Å². The van der Waals surface area contributed by atoms with E-state index >= 15 is 0 Å². The molecule has 6 heteroatoms. The van der Waals surface area contributed by atoms with Crippen molar-refractivity contribution in [3.8, 4) is 0 Å². The van der Waals surface area contributed by atoms with Crippen molar-refractivity contribution < 1.29 is 19.5 Å². The van der Waals surface area contributed by atoms with E-state index in [1.54, 1.807) is 6.92 Å². The molecule has 0 fully saturated rings. The molecule has 0 rings (SSSR count). The molecular weight excluding hydrogens is 188 g/mol. The van der Waals surface area contributed by atoms with Crippen molar-refractivity contribution in [1.82, 2.24) is 5.32 Å². The van der Waals surface area contributed by atoms with E-state index in [-0.39, 0.29) is 12.1 Å². The number of hydrogen-bond acceptors (Lipinski definition) is 4. The van der Waals surface area contributed by atoms with Crippen molar-refractivity contribution in [1.29, 1.82) is 0 Å². The predicted molar refractivity (Wildman–Crippen MR) is 50.0 cm³/mol. The Hall–Kier alpha value is -1.85. The Balaban J connectivity index is 3.79. The molecule has 14 heavy (non-hydrogen) atoms. The first-order valence-corrected chi connectivity index (χ1v) is 3.90. The fourth-order valence-electron chi connectivity index (χ4n) is 0.508. The molecule has 6 nitrogen and oxygen atoms in total. The van der Waals surface area contributed by atoms with E-state index in [4.69, 9.17) is 5.11 Å². The Morgan fingerprint density at radius 1 is 1.57 bits per heavy atom. The maximum absolute atomic E-state index is 10.7. The summed E-state index contributed by atoms with van der Waals surface area (Å²) in [4.78, 5) is 25.3. The van der Waals surface area contributed by atoms with Gasteiger partial charge in [0.15, 0.2) is 0 Å². The minimum atomic E-state index is -1.02. The van der Waals surface area contributed by atoms with Crippen LogP contribution in [-0.2, 0) is 9.63 Å². The van der Waals surface area contributed by atoms with Gasteiger partial charge in [0.25, 0.3) is 0 Å². The third kappa shape index (κ3) is 5.76. The molecule has 0 spiro atoms. The molecule has 0 bridgehead atoms. The normalized spacial score (nSPS) is 11.4. The summed E-state index contributed by atoms with van der Waals surface area (Å²) >= 11 is 0. The average molecular weight is 200 g/mol. The van der Waals surface area contributed by atoms with Crippen molar-refractivity contribution in [2.24, 2.45) is 5.16 Å². The summed E-state index contributed by atoms with van der Waals surface area (Å²) in [5.41, 5.74) is 0.157. The van der Waals surface area contributed by atoms with Crippen LogP contribution in [0.25, 0.3) is 0 Å². The Morgan fingerprint density at radius 3 is 2.71 bits per heavy atom. The van der Waals surface area contributed by atoms with Crippen LogP contribution in [0.5, 0.6) is 0 Å². The molecule has 0 aromatic rings. The summed E-state index contributed by atoms with van der Waals surface area (Å²) in [6.07, 6.45) is 1.95. The molecule has 2 N–H and O–H groups in total. The number of aliphatic carboxylic acids is 1. The van der Waals surface area contributed by atoms with E-state index in [2.05, 4.69) is 15.3 Å². The summed E-state index contributed by atoms with van der Waals surface area (Å²) in [7, 11) is 0. The van der Waals surface area contributed by atoms with Gasteiger partial charge in [0, 0.05) is 18.3 Å². The zero-order chi connectivity index (χ0) is 11.0. The first-order chi connectivity index (χ1) is 6.57. The van der Waals surface area contributed by atoms with Crippen LogP contribution in [0.2, 0.25) is 0 Å². The zero-order valence-electron chi connectivity index (χ0n) is 7.98. The van der Waals surface area contributed by atoms with Gasteiger partial charge < -0.3 is 10.4 Å². The standard InChI is InChI=1S/C8H12N2O4/c1-3-10-14-8(13)9-5-4-6(2)7(11)12/h3-4H,5H2,1-2H3,(H,9,13)(H,11,12)/b6-4+,10-3+. The molecule has 0 saturated carbocycles. The van der Waals surface area contributed by atoms with Crippen molar-refractivity contribution in [2.45, 2.75) is 13.8 Å². The topological polar surface area (TPSA) is 88.0 Å². The second-order valence-electron chi connectivity index (χ2n) is 2.32. The van der Waals surface area contributed by atoms with Gasteiger partial charge in [-0.1, -0.05) is 11.2 Å². The Kier molecular flexibility index (Phi) is 5.77. The number of carboxylic acid groups (broad SMARTS) is 1. The van der Waals surface area contributed by atoms with E-state index in [1.807, 2.05) is 0 Å². The minimum absolute atomic E-state index is 0.0935. The molecule has 0 radical (unpaired) electrons. The monoisotopic (exact) mass is 200 g/mol. The number of oxime groups is 1. The zero-order valence-corrected chi connectivity index (χ0v) is 7.98. The highest BCUT2D eigenvalue weighted by Crippen LogP contribution is 1.89. The number of carbonyl (C=O) groups excluding carboxylic acids is 1. The summed E-state index contributed by atoms with van der Waals surface area (Å²) in [6.45, 7) is 3.12. The van der Waals surface area contributed by atoms with Crippen molar-refractivity contribution in [3.05, 3.63) is 11.6 Å². The number of carbonyl (C=O) groups is 2. The number of nitrogens with zero attached hydrogens (tertiary/aromatic N) is 1. The molecule has 0 saturated heterocycles. The van der Waals surface area contributed by atoms with E-state index in [0.29, 0.717) is 0 Å². The predicted octanol–water partition coefficient (Wildman–Crippen LogP) is 0.749. The summed E-state index contributed by atoms with van der Waals surface area (Å²) in [5, 5.41) is 14.0. The second kappa shape index (κ2) is 6.64. The highest BCUT2D eigenvalue weighted by molar-refractivity contribution is 5.85. The highest BCUT2D eigenvalue weighted by atomic mass is 16.7. The van der Waals surface area contributed by atoms with E-state index in [1.165, 1.54) is 19.2 Å². The minimum Gasteiger partial charge on any atom is -0.478 e. The molecule has 1 amide bonds. The van der Waals surface area contributed by atoms with Gasteiger partial charge in [-0.3, -0.25) is 4.84 Å². The Bertz CT molecular complexity index is 271. The van der Waals surface area contributed by atoms with Crippen LogP contribution in [0.4, 0.5) is 4.79 Å². The molecule has 0 aliphatic heterocycles. The number of amides is 1. The number of nitrogens with one attached hydrogen (secondary N) is 1. The Morgan fingerprint density at radius 2 is 2.21 bits per heavy atom. The van der Waals surface area contributed by atoms with Crippen LogP contribution in [0, 0.1) is 0 Å². The van der Waals surface area contributed by atoms with Gasteiger partial charge in [0.2, 0.25) is 0 Å². The molecule has 0 aliphatic carbocycles. The molecule has 0 aliphatic rings. The molecule has 0 aromatic carbocycles. The van der Waals surface area contributed by atoms with Gasteiger partial charge in [0.05, 0.1) is 0 Å². The average Bonchev–Trinajstić information content (AvgIpc) is 2.14. The van der Waals surface area contributed by atoms with Crippen molar-refractivity contribution in [3.63, 3.8) is 0 Å². The lowest BCUT2D eigenvalue weighted by Gasteiger charge is -1.98. The molecule has 0 aromatic heterocycles. The van der Waals surface area contributed by atoms with Crippen LogP contribution >= 0.6 is 0 Å². The SMILES string of the molecule is C/C=N/OC(=O)NC/C=C(\C)C(=O)O. The van der Waals surface area contributed by atoms with E-state index < -0.39 is 12.1 Å². The number of hydrogen-bond donors (Lipinski definition) is 2. The van der Waals surface area contributed by atoms with Gasteiger partial charge in [0.1, 0.15) is 0 Å².